The summed E-state index contributed by atoms with van der Waals surface area (Å²) in [6.07, 6.45) is 0.0749. The molecule has 3 unspecified atom stereocenters. The summed E-state index contributed by atoms with van der Waals surface area (Å²) in [6.45, 7) is 4.06. The van der Waals surface area contributed by atoms with Crippen LogP contribution in [0.1, 0.15) is 12.8 Å². The van der Waals surface area contributed by atoms with Crippen LogP contribution in [0, 0.1) is 3.57 Å². The molecule has 1 aromatic carbocycles. The summed E-state index contributed by atoms with van der Waals surface area (Å²) in [5.41, 5.74) is 0.408. The van der Waals surface area contributed by atoms with E-state index in [0.717, 1.165) is 16.7 Å². The zero-order valence-corrected chi connectivity index (χ0v) is 22.8. The molecular formula is C25H36IN3O7. The Hall–Kier alpha value is -1.77. The van der Waals surface area contributed by atoms with E-state index in [1.807, 2.05) is 18.2 Å². The lowest BCUT2D eigenvalue weighted by Gasteiger charge is -2.41. The fraction of sp³-hybridized carbons (Fsp3) is 0.600. The second-order valence-corrected chi connectivity index (χ2v) is 9.89. The minimum absolute atomic E-state index is 0.110. The zero-order chi connectivity index (χ0) is 25.9. The van der Waals surface area contributed by atoms with E-state index in [9.17, 15) is 14.7 Å². The molecule has 1 saturated heterocycles. The van der Waals surface area contributed by atoms with Gasteiger partial charge in [0.15, 0.2) is 0 Å². The first kappa shape index (κ1) is 28.8. The summed E-state index contributed by atoms with van der Waals surface area (Å²) in [4.78, 5) is 30.0. The van der Waals surface area contributed by atoms with Crippen LogP contribution < -0.4 is 10.1 Å². The number of methoxy groups -OCH3 is 1. The van der Waals surface area contributed by atoms with Crippen molar-refractivity contribution in [3.63, 3.8) is 0 Å². The maximum atomic E-state index is 13.3. The normalized spacial score (nSPS) is 22.6. The number of aliphatic hydroxyl groups is 2. The van der Waals surface area contributed by atoms with Crippen LogP contribution in [0.25, 0.3) is 0 Å². The van der Waals surface area contributed by atoms with Crippen molar-refractivity contribution >= 4 is 34.4 Å². The van der Waals surface area contributed by atoms with Crippen LogP contribution >= 0.6 is 22.6 Å². The number of morpholine rings is 1. The lowest BCUT2D eigenvalue weighted by molar-refractivity contribution is -0.140. The standard InChI is InChI=1S/C25H36IN3O7/c1-34-13-6-23(31)29(9-8-28-10-14-35-15-11-28)20-16-18(25(33)27-7-12-30)17-22(24(20)32)36-21-5-3-2-4-19(21)26/h2-5,17,20,22,24,30,32H,6-16H2,1H3,(H,27,33). The van der Waals surface area contributed by atoms with Gasteiger partial charge in [0.25, 0.3) is 0 Å². The number of aliphatic hydroxyl groups excluding tert-OH is 2. The molecule has 2 aliphatic rings. The third-order valence-electron chi connectivity index (χ3n) is 6.32. The number of benzene rings is 1. The van der Waals surface area contributed by atoms with Crippen LogP contribution in [-0.2, 0) is 19.1 Å². The number of halogens is 1. The molecule has 3 rings (SSSR count). The second-order valence-electron chi connectivity index (χ2n) is 8.73. The average Bonchev–Trinajstić information content (AvgIpc) is 2.89. The van der Waals surface area contributed by atoms with Crippen molar-refractivity contribution in [2.24, 2.45) is 0 Å². The van der Waals surface area contributed by atoms with Crippen molar-refractivity contribution in [3.05, 3.63) is 39.5 Å². The SMILES string of the molecule is COCCC(=O)N(CCN1CCOCC1)C1CC(C(=O)NCCO)=CC(Oc2ccccc2I)C1O. The zero-order valence-electron chi connectivity index (χ0n) is 20.6. The number of amides is 2. The maximum absolute atomic E-state index is 13.3. The molecule has 200 valence electrons. The van der Waals surface area contributed by atoms with Gasteiger partial charge in [0.05, 0.1) is 42.5 Å². The first-order valence-corrected chi connectivity index (χ1v) is 13.3. The Morgan fingerprint density at radius 1 is 1.28 bits per heavy atom. The lowest BCUT2D eigenvalue weighted by atomic mass is 9.88. The summed E-state index contributed by atoms with van der Waals surface area (Å²) in [6, 6.07) is 6.76. The Morgan fingerprint density at radius 3 is 2.72 bits per heavy atom. The van der Waals surface area contributed by atoms with Gasteiger partial charge in [0.1, 0.15) is 18.0 Å². The summed E-state index contributed by atoms with van der Waals surface area (Å²) < 4.78 is 17.6. The molecule has 1 heterocycles. The molecule has 10 nitrogen and oxygen atoms in total. The molecule has 0 aromatic heterocycles. The van der Waals surface area contributed by atoms with E-state index in [0.29, 0.717) is 37.6 Å². The molecule has 36 heavy (non-hydrogen) atoms. The molecule has 1 aromatic rings. The number of hydrogen-bond acceptors (Lipinski definition) is 8. The summed E-state index contributed by atoms with van der Waals surface area (Å²) in [5, 5.41) is 23.3. The molecule has 0 bridgehead atoms. The average molecular weight is 617 g/mol. The van der Waals surface area contributed by atoms with Crippen LogP contribution in [0.4, 0.5) is 0 Å². The van der Waals surface area contributed by atoms with Gasteiger partial charge in [0.2, 0.25) is 11.8 Å². The number of nitrogens with one attached hydrogen (secondary N) is 1. The molecule has 11 heteroatoms. The Bertz CT molecular complexity index is 894. The summed E-state index contributed by atoms with van der Waals surface area (Å²) >= 11 is 2.15. The van der Waals surface area contributed by atoms with Crippen molar-refractivity contribution in [2.45, 2.75) is 31.1 Å². The van der Waals surface area contributed by atoms with Gasteiger partial charge in [-0.05, 0) is 40.8 Å². The smallest absolute Gasteiger partial charge is 0.247 e. The minimum Gasteiger partial charge on any atom is -0.482 e. The van der Waals surface area contributed by atoms with E-state index in [-0.39, 0.29) is 44.4 Å². The Balaban J connectivity index is 1.86. The molecule has 1 fully saturated rings. The number of nitrogens with zero attached hydrogens (tertiary/aromatic N) is 2. The van der Waals surface area contributed by atoms with Gasteiger partial charge in [-0.25, -0.2) is 0 Å². The molecule has 3 N–H and O–H groups in total. The number of hydrogen-bond donors (Lipinski definition) is 3. The fourth-order valence-electron chi connectivity index (χ4n) is 4.35. The number of para-hydroxylation sites is 1. The predicted octanol–water partition coefficient (Wildman–Crippen LogP) is 0.404. The Labute approximate surface area is 225 Å². The largest absolute Gasteiger partial charge is 0.482 e. The molecule has 1 aliphatic heterocycles. The molecule has 0 spiro atoms. The van der Waals surface area contributed by atoms with Gasteiger partial charge in [-0.15, -0.1) is 0 Å². The molecule has 3 atom stereocenters. The van der Waals surface area contributed by atoms with E-state index in [1.165, 1.54) is 0 Å². The van der Waals surface area contributed by atoms with E-state index < -0.39 is 18.2 Å². The van der Waals surface area contributed by atoms with Crippen LogP contribution in [0.3, 0.4) is 0 Å². The highest BCUT2D eigenvalue weighted by Crippen LogP contribution is 2.30. The molecule has 2 amide bonds. The molecule has 0 saturated carbocycles. The van der Waals surface area contributed by atoms with E-state index in [1.54, 1.807) is 24.2 Å². The second kappa shape index (κ2) is 14.8. The van der Waals surface area contributed by atoms with Crippen LogP contribution in [0.2, 0.25) is 0 Å². The van der Waals surface area contributed by atoms with Crippen molar-refractivity contribution in [1.82, 2.24) is 15.1 Å². The quantitative estimate of drug-likeness (QED) is 0.289. The van der Waals surface area contributed by atoms with Crippen LogP contribution in [-0.4, -0.2) is 116 Å². The van der Waals surface area contributed by atoms with Crippen molar-refractivity contribution < 1.29 is 34.0 Å². The van der Waals surface area contributed by atoms with Gasteiger partial charge < -0.3 is 34.6 Å². The van der Waals surface area contributed by atoms with Crippen molar-refractivity contribution in [3.8, 4) is 5.75 Å². The van der Waals surface area contributed by atoms with Crippen LogP contribution in [0.15, 0.2) is 35.9 Å². The first-order valence-electron chi connectivity index (χ1n) is 12.2. The maximum Gasteiger partial charge on any atom is 0.247 e. The third-order valence-corrected chi connectivity index (χ3v) is 7.21. The number of carbonyl (C=O) groups is 2. The van der Waals surface area contributed by atoms with Crippen molar-refractivity contribution in [2.75, 3.05) is 66.3 Å². The minimum atomic E-state index is -1.05. The first-order chi connectivity index (χ1) is 17.4. The molecule has 1 aliphatic carbocycles. The Kier molecular flexibility index (Phi) is 11.9. The van der Waals surface area contributed by atoms with Gasteiger partial charge in [-0.1, -0.05) is 12.1 Å². The highest BCUT2D eigenvalue weighted by molar-refractivity contribution is 14.1. The van der Waals surface area contributed by atoms with Crippen molar-refractivity contribution in [1.29, 1.82) is 0 Å². The fourth-order valence-corrected chi connectivity index (χ4v) is 4.86. The monoisotopic (exact) mass is 617 g/mol. The molecular weight excluding hydrogens is 581 g/mol. The van der Waals surface area contributed by atoms with Gasteiger partial charge in [-0.2, -0.15) is 0 Å². The predicted molar refractivity (Wildman–Crippen MR) is 142 cm³/mol. The van der Waals surface area contributed by atoms with Crippen LogP contribution in [0.5, 0.6) is 5.75 Å². The summed E-state index contributed by atoms with van der Waals surface area (Å²) in [7, 11) is 1.54. The van der Waals surface area contributed by atoms with Gasteiger partial charge in [-0.3, -0.25) is 14.5 Å². The highest BCUT2D eigenvalue weighted by Gasteiger charge is 2.40. The highest BCUT2D eigenvalue weighted by atomic mass is 127. The van der Waals surface area contributed by atoms with E-state index in [4.69, 9.17) is 19.3 Å². The Morgan fingerprint density at radius 2 is 2.03 bits per heavy atom. The van der Waals surface area contributed by atoms with Gasteiger partial charge >= 0.3 is 0 Å². The number of rotatable bonds is 12. The topological polar surface area (TPSA) is 121 Å². The third kappa shape index (κ3) is 8.12. The summed E-state index contributed by atoms with van der Waals surface area (Å²) in [5.74, 6) is 0.0775. The van der Waals surface area contributed by atoms with E-state index >= 15 is 0 Å². The van der Waals surface area contributed by atoms with Gasteiger partial charge in [0, 0.05) is 51.8 Å². The van der Waals surface area contributed by atoms with E-state index in [2.05, 4.69) is 32.8 Å². The molecule has 0 radical (unpaired) electrons. The number of carbonyl (C=O) groups excluding carboxylic acids is 2. The number of ether oxygens (including phenoxy) is 3. The lowest BCUT2D eigenvalue weighted by Crippen LogP contribution is -2.56.